The van der Waals surface area contributed by atoms with Crippen LogP contribution in [-0.2, 0) is 4.74 Å². The molecule has 3 nitrogen and oxygen atoms in total. The first-order chi connectivity index (χ1) is 8.33. The Hall–Kier alpha value is -0.120. The van der Waals surface area contributed by atoms with Gasteiger partial charge in [0.05, 0.1) is 11.7 Å². The first kappa shape index (κ1) is 15.9. The van der Waals surface area contributed by atoms with E-state index >= 15 is 0 Å². The minimum Gasteiger partial charge on any atom is -0.370 e. The van der Waals surface area contributed by atoms with E-state index in [4.69, 9.17) is 10.5 Å². The summed E-state index contributed by atoms with van der Waals surface area (Å²) >= 11 is 0. The van der Waals surface area contributed by atoms with E-state index in [-0.39, 0.29) is 11.1 Å². The lowest BCUT2D eigenvalue weighted by Gasteiger charge is -2.50. The van der Waals surface area contributed by atoms with E-state index in [2.05, 4.69) is 39.5 Å². The van der Waals surface area contributed by atoms with Crippen molar-refractivity contribution in [3.05, 3.63) is 0 Å². The standard InChI is InChI=1S/C15H32N2O/c1-6-7-8-9-15(5,11-16)17-10-13(2)18-14(3,4)12-17/h13H,6-12,16H2,1-5H3. The summed E-state index contributed by atoms with van der Waals surface area (Å²) < 4.78 is 5.99. The molecule has 0 spiro atoms. The van der Waals surface area contributed by atoms with Crippen LogP contribution in [0.25, 0.3) is 0 Å². The van der Waals surface area contributed by atoms with E-state index in [9.17, 15) is 0 Å². The molecule has 1 saturated heterocycles. The van der Waals surface area contributed by atoms with Gasteiger partial charge in [-0.25, -0.2) is 0 Å². The van der Waals surface area contributed by atoms with Gasteiger partial charge in [0, 0.05) is 25.2 Å². The summed E-state index contributed by atoms with van der Waals surface area (Å²) in [4.78, 5) is 2.55. The minimum absolute atomic E-state index is 0.0567. The van der Waals surface area contributed by atoms with Crippen molar-refractivity contribution in [1.29, 1.82) is 0 Å². The predicted octanol–water partition coefficient (Wildman–Crippen LogP) is 2.78. The lowest BCUT2D eigenvalue weighted by atomic mass is 9.89. The number of rotatable bonds is 6. The quantitative estimate of drug-likeness (QED) is 0.743. The van der Waals surface area contributed by atoms with Gasteiger partial charge in [0.25, 0.3) is 0 Å². The first-order valence-electron chi connectivity index (χ1n) is 7.46. The summed E-state index contributed by atoms with van der Waals surface area (Å²) in [6.45, 7) is 13.8. The Morgan fingerprint density at radius 3 is 2.56 bits per heavy atom. The minimum atomic E-state index is -0.0567. The highest BCUT2D eigenvalue weighted by atomic mass is 16.5. The van der Waals surface area contributed by atoms with Gasteiger partial charge in [-0.3, -0.25) is 4.90 Å². The Kier molecular flexibility index (Phi) is 5.63. The Bertz CT molecular complexity index is 255. The topological polar surface area (TPSA) is 38.5 Å². The molecule has 1 rings (SSSR count). The number of hydrogen-bond donors (Lipinski definition) is 1. The van der Waals surface area contributed by atoms with Crippen molar-refractivity contribution in [3.63, 3.8) is 0 Å². The molecule has 3 heteroatoms. The molecule has 1 aliphatic heterocycles. The third-order valence-corrected chi connectivity index (χ3v) is 4.09. The largest absolute Gasteiger partial charge is 0.370 e. The zero-order chi connectivity index (χ0) is 13.8. The van der Waals surface area contributed by atoms with Crippen LogP contribution >= 0.6 is 0 Å². The molecule has 1 aliphatic rings. The molecule has 0 bridgehead atoms. The number of hydrogen-bond acceptors (Lipinski definition) is 3. The van der Waals surface area contributed by atoms with Crippen molar-refractivity contribution in [2.45, 2.75) is 77.5 Å². The van der Waals surface area contributed by atoms with Gasteiger partial charge in [-0.2, -0.15) is 0 Å². The Morgan fingerprint density at radius 2 is 2.06 bits per heavy atom. The van der Waals surface area contributed by atoms with Gasteiger partial charge in [-0.1, -0.05) is 26.2 Å². The number of nitrogens with two attached hydrogens (primary N) is 1. The van der Waals surface area contributed by atoms with E-state index in [1.54, 1.807) is 0 Å². The fraction of sp³-hybridized carbons (Fsp3) is 1.00. The molecule has 2 N–H and O–H groups in total. The molecule has 108 valence electrons. The van der Waals surface area contributed by atoms with Crippen molar-refractivity contribution in [2.75, 3.05) is 19.6 Å². The second kappa shape index (κ2) is 6.36. The van der Waals surface area contributed by atoms with Crippen molar-refractivity contribution < 1.29 is 4.74 Å². The summed E-state index contributed by atoms with van der Waals surface area (Å²) in [6.07, 6.45) is 5.34. The van der Waals surface area contributed by atoms with Crippen molar-refractivity contribution in [1.82, 2.24) is 4.90 Å². The maximum absolute atomic E-state index is 6.07. The number of morpholine rings is 1. The highest BCUT2D eigenvalue weighted by Crippen LogP contribution is 2.29. The van der Waals surface area contributed by atoms with Crippen LogP contribution in [0.15, 0.2) is 0 Å². The molecule has 2 atom stereocenters. The summed E-state index contributed by atoms with van der Waals surface area (Å²) in [5.74, 6) is 0. The lowest BCUT2D eigenvalue weighted by molar-refractivity contribution is -0.151. The molecule has 0 aromatic rings. The Labute approximate surface area is 113 Å². The Balaban J connectivity index is 2.67. The summed E-state index contributed by atoms with van der Waals surface area (Å²) in [6, 6.07) is 0. The van der Waals surface area contributed by atoms with Crippen LogP contribution < -0.4 is 5.73 Å². The number of unbranched alkanes of at least 4 members (excludes halogenated alkanes) is 2. The zero-order valence-corrected chi connectivity index (χ0v) is 13.0. The highest BCUT2D eigenvalue weighted by molar-refractivity contribution is 4.94. The van der Waals surface area contributed by atoms with E-state index in [1.165, 1.54) is 25.7 Å². The van der Waals surface area contributed by atoms with Gasteiger partial charge in [0.2, 0.25) is 0 Å². The van der Waals surface area contributed by atoms with Crippen LogP contribution in [0.1, 0.15) is 60.3 Å². The van der Waals surface area contributed by atoms with E-state index in [0.717, 1.165) is 19.6 Å². The van der Waals surface area contributed by atoms with Gasteiger partial charge in [-0.05, 0) is 34.1 Å². The second-order valence-electron chi connectivity index (χ2n) is 6.73. The van der Waals surface area contributed by atoms with Crippen LogP contribution in [0.4, 0.5) is 0 Å². The van der Waals surface area contributed by atoms with Gasteiger partial charge in [0.1, 0.15) is 0 Å². The molecule has 18 heavy (non-hydrogen) atoms. The second-order valence-corrected chi connectivity index (χ2v) is 6.73. The molecule has 0 aliphatic carbocycles. The molecule has 0 aromatic heterocycles. The Morgan fingerprint density at radius 1 is 1.39 bits per heavy atom. The van der Waals surface area contributed by atoms with Crippen molar-refractivity contribution in [2.24, 2.45) is 5.73 Å². The smallest absolute Gasteiger partial charge is 0.0757 e. The van der Waals surface area contributed by atoms with Crippen LogP contribution in [0.2, 0.25) is 0 Å². The molecule has 1 fully saturated rings. The van der Waals surface area contributed by atoms with Crippen LogP contribution in [0, 0.1) is 0 Å². The highest BCUT2D eigenvalue weighted by Gasteiger charge is 2.39. The molecule has 2 unspecified atom stereocenters. The van der Waals surface area contributed by atoms with Gasteiger partial charge >= 0.3 is 0 Å². The summed E-state index contributed by atoms with van der Waals surface area (Å²) in [7, 11) is 0. The molecule has 0 amide bonds. The fourth-order valence-electron chi connectivity index (χ4n) is 3.01. The SMILES string of the molecule is CCCCCC(C)(CN)N1CC(C)OC(C)(C)C1. The van der Waals surface area contributed by atoms with E-state index in [1.807, 2.05) is 0 Å². The predicted molar refractivity (Wildman–Crippen MR) is 77.8 cm³/mol. The van der Waals surface area contributed by atoms with Crippen LogP contribution in [-0.4, -0.2) is 41.8 Å². The monoisotopic (exact) mass is 256 g/mol. The maximum atomic E-state index is 6.07. The molecule has 0 radical (unpaired) electrons. The van der Waals surface area contributed by atoms with Gasteiger partial charge in [-0.15, -0.1) is 0 Å². The van der Waals surface area contributed by atoms with Gasteiger partial charge < -0.3 is 10.5 Å². The van der Waals surface area contributed by atoms with E-state index in [0.29, 0.717) is 6.10 Å². The number of nitrogens with zero attached hydrogens (tertiary/aromatic N) is 1. The normalized spacial score (nSPS) is 28.0. The van der Waals surface area contributed by atoms with Crippen molar-refractivity contribution >= 4 is 0 Å². The summed E-state index contributed by atoms with van der Waals surface area (Å²) in [5.41, 5.74) is 6.14. The van der Waals surface area contributed by atoms with Crippen LogP contribution in [0.5, 0.6) is 0 Å². The van der Waals surface area contributed by atoms with E-state index < -0.39 is 0 Å². The molecule has 1 heterocycles. The zero-order valence-electron chi connectivity index (χ0n) is 13.0. The molecule has 0 aromatic carbocycles. The summed E-state index contributed by atoms with van der Waals surface area (Å²) in [5, 5.41) is 0. The van der Waals surface area contributed by atoms with Crippen molar-refractivity contribution in [3.8, 4) is 0 Å². The third-order valence-electron chi connectivity index (χ3n) is 4.09. The first-order valence-corrected chi connectivity index (χ1v) is 7.46. The van der Waals surface area contributed by atoms with Crippen LogP contribution in [0.3, 0.4) is 0 Å². The molecular formula is C15H32N2O. The number of ether oxygens (including phenoxy) is 1. The molecule has 0 saturated carbocycles. The average Bonchev–Trinajstić information content (AvgIpc) is 2.26. The third kappa shape index (κ3) is 4.22. The average molecular weight is 256 g/mol. The van der Waals surface area contributed by atoms with Gasteiger partial charge in [0.15, 0.2) is 0 Å². The molecular weight excluding hydrogens is 224 g/mol. The lowest BCUT2D eigenvalue weighted by Crippen LogP contribution is -2.62. The fourth-order valence-corrected chi connectivity index (χ4v) is 3.01. The maximum Gasteiger partial charge on any atom is 0.0757 e.